The third kappa shape index (κ3) is 5.52. The van der Waals surface area contributed by atoms with Crippen molar-refractivity contribution in [3.63, 3.8) is 0 Å². The Balaban J connectivity index is 1.52. The molecule has 4 N–H and O–H groups in total. The molecule has 7 nitrogen and oxygen atoms in total. The van der Waals surface area contributed by atoms with Gasteiger partial charge in [0.1, 0.15) is 6.10 Å². The molecular formula is C25H33N5O2. The van der Waals surface area contributed by atoms with Gasteiger partial charge in [-0.15, -0.1) is 0 Å². The van der Waals surface area contributed by atoms with Crippen molar-refractivity contribution in [2.24, 2.45) is 10.8 Å². The molecule has 1 amide bonds. The summed E-state index contributed by atoms with van der Waals surface area (Å²) in [4.78, 5) is 14.9. The summed E-state index contributed by atoms with van der Waals surface area (Å²) in [6.07, 6.45) is 5.90. The van der Waals surface area contributed by atoms with Gasteiger partial charge in [-0.25, -0.2) is 4.79 Å². The second-order valence-corrected chi connectivity index (χ2v) is 8.64. The number of anilines is 1. The van der Waals surface area contributed by atoms with E-state index >= 15 is 0 Å². The van der Waals surface area contributed by atoms with Gasteiger partial charge < -0.3 is 26.1 Å². The molecule has 2 aromatic carbocycles. The molecule has 0 spiro atoms. The molecule has 32 heavy (non-hydrogen) atoms. The molecule has 0 radical (unpaired) electrons. The highest BCUT2D eigenvalue weighted by Crippen LogP contribution is 2.30. The maximum atomic E-state index is 12.6. The van der Waals surface area contributed by atoms with Gasteiger partial charge in [-0.05, 0) is 61.4 Å². The number of ether oxygens (including phenoxy) is 1. The summed E-state index contributed by atoms with van der Waals surface area (Å²) in [5.74, 6) is 0.441. The van der Waals surface area contributed by atoms with Crippen LogP contribution in [0, 0.1) is 0 Å². The quantitative estimate of drug-likeness (QED) is 0.367. The van der Waals surface area contributed by atoms with Crippen LogP contribution in [0.1, 0.15) is 48.8 Å². The van der Waals surface area contributed by atoms with Crippen LogP contribution in [-0.2, 0) is 17.7 Å². The topological polar surface area (TPSA) is 92.0 Å². The highest BCUT2D eigenvalue weighted by Gasteiger charge is 2.28. The van der Waals surface area contributed by atoms with Crippen molar-refractivity contribution in [1.82, 2.24) is 10.7 Å². The zero-order chi connectivity index (χ0) is 22.3. The van der Waals surface area contributed by atoms with Gasteiger partial charge in [0, 0.05) is 31.4 Å². The molecule has 170 valence electrons. The molecule has 2 aromatic rings. The van der Waals surface area contributed by atoms with Crippen molar-refractivity contribution in [1.29, 1.82) is 0 Å². The Kier molecular flexibility index (Phi) is 7.14. The number of carbonyl (C=O) groups is 1. The van der Waals surface area contributed by atoms with E-state index < -0.39 is 0 Å². The molecule has 0 bridgehead atoms. The number of hydrazone groups is 1. The largest absolute Gasteiger partial charge is 0.446 e. The molecule has 0 aromatic heterocycles. The molecule has 1 unspecified atom stereocenters. The minimum absolute atomic E-state index is 0.0417. The fourth-order valence-corrected chi connectivity index (χ4v) is 4.68. The van der Waals surface area contributed by atoms with Gasteiger partial charge in [0.05, 0.1) is 6.04 Å². The lowest BCUT2D eigenvalue weighted by Gasteiger charge is -2.37. The number of nitrogens with zero attached hydrogens (tertiary/aromatic N) is 2. The Bertz CT molecular complexity index is 941. The first-order valence-corrected chi connectivity index (χ1v) is 11.5. The van der Waals surface area contributed by atoms with E-state index in [4.69, 9.17) is 10.5 Å². The number of nitrogens with two attached hydrogens (primary N) is 1. The highest BCUT2D eigenvalue weighted by atomic mass is 16.6. The normalized spacial score (nSPS) is 19.2. The van der Waals surface area contributed by atoms with Crippen LogP contribution in [0.2, 0.25) is 0 Å². The number of alkyl carbamates (subject to hydrolysis) is 1. The SMILES string of the molecule is CN/N=C(\N)c1ccc2c(c1)CC(NC(=O)OC1CCCCC1)CN2Cc1ccccc1. The van der Waals surface area contributed by atoms with Crippen LogP contribution in [-0.4, -0.2) is 37.7 Å². The average molecular weight is 436 g/mol. The number of benzene rings is 2. The van der Waals surface area contributed by atoms with Crippen LogP contribution in [0.5, 0.6) is 0 Å². The van der Waals surface area contributed by atoms with Crippen LogP contribution in [0.4, 0.5) is 10.5 Å². The lowest BCUT2D eigenvalue weighted by Crippen LogP contribution is -2.49. The molecule has 7 heteroatoms. The lowest BCUT2D eigenvalue weighted by molar-refractivity contribution is 0.0729. The van der Waals surface area contributed by atoms with E-state index in [-0.39, 0.29) is 18.2 Å². The third-order valence-corrected chi connectivity index (χ3v) is 6.22. The molecule has 1 heterocycles. The van der Waals surface area contributed by atoms with Gasteiger partial charge >= 0.3 is 6.09 Å². The van der Waals surface area contributed by atoms with Gasteiger partial charge in [0.15, 0.2) is 5.84 Å². The van der Waals surface area contributed by atoms with Crippen molar-refractivity contribution >= 4 is 17.6 Å². The van der Waals surface area contributed by atoms with Gasteiger partial charge in [-0.3, -0.25) is 0 Å². The number of hydrogen-bond donors (Lipinski definition) is 3. The van der Waals surface area contributed by atoms with Crippen LogP contribution in [0.15, 0.2) is 53.6 Å². The van der Waals surface area contributed by atoms with Crippen molar-refractivity contribution < 1.29 is 9.53 Å². The van der Waals surface area contributed by atoms with E-state index in [1.54, 1.807) is 7.05 Å². The Morgan fingerprint density at radius 3 is 2.69 bits per heavy atom. The van der Waals surface area contributed by atoms with E-state index in [2.05, 4.69) is 57.1 Å². The second kappa shape index (κ2) is 10.4. The zero-order valence-electron chi connectivity index (χ0n) is 18.7. The fourth-order valence-electron chi connectivity index (χ4n) is 4.68. The summed E-state index contributed by atoms with van der Waals surface area (Å²) >= 11 is 0. The summed E-state index contributed by atoms with van der Waals surface area (Å²) in [7, 11) is 1.73. The number of rotatable bonds is 6. The minimum Gasteiger partial charge on any atom is -0.446 e. The first-order valence-electron chi connectivity index (χ1n) is 11.5. The summed E-state index contributed by atoms with van der Waals surface area (Å²) in [5, 5.41) is 7.22. The van der Waals surface area contributed by atoms with Crippen LogP contribution in [0.25, 0.3) is 0 Å². The van der Waals surface area contributed by atoms with Gasteiger partial charge in [0.2, 0.25) is 0 Å². The molecule has 1 aliphatic carbocycles. The lowest BCUT2D eigenvalue weighted by atomic mass is 9.95. The standard InChI is InChI=1S/C25H33N5O2/c1-27-29-24(26)19-12-13-23-20(14-19)15-21(17-30(23)16-18-8-4-2-5-9-18)28-25(31)32-22-10-6-3-7-11-22/h2,4-5,8-9,12-14,21-22,27H,3,6-7,10-11,15-17H2,1H3,(H2,26,29)(H,28,31). The van der Waals surface area contributed by atoms with E-state index in [1.165, 1.54) is 12.0 Å². The zero-order valence-corrected chi connectivity index (χ0v) is 18.7. The maximum absolute atomic E-state index is 12.6. The molecular weight excluding hydrogens is 402 g/mol. The van der Waals surface area contributed by atoms with E-state index in [1.807, 2.05) is 12.1 Å². The Morgan fingerprint density at radius 2 is 1.94 bits per heavy atom. The minimum atomic E-state index is -0.308. The summed E-state index contributed by atoms with van der Waals surface area (Å²) in [6.45, 7) is 1.49. The first kappa shape index (κ1) is 22.0. The summed E-state index contributed by atoms with van der Waals surface area (Å²) in [5.41, 5.74) is 13.2. The Hall–Kier alpha value is -3.22. The molecule has 1 fully saturated rings. The van der Waals surface area contributed by atoms with Crippen molar-refractivity contribution in [2.75, 3.05) is 18.5 Å². The smallest absolute Gasteiger partial charge is 0.407 e. The van der Waals surface area contributed by atoms with Crippen LogP contribution in [0.3, 0.4) is 0 Å². The Morgan fingerprint density at radius 1 is 1.16 bits per heavy atom. The molecule has 0 saturated heterocycles. The van der Waals surface area contributed by atoms with Crippen molar-refractivity contribution in [2.45, 2.75) is 57.2 Å². The van der Waals surface area contributed by atoms with Crippen molar-refractivity contribution in [3.8, 4) is 0 Å². The van der Waals surface area contributed by atoms with Gasteiger partial charge in [-0.2, -0.15) is 5.10 Å². The number of nitrogens with one attached hydrogen (secondary N) is 2. The average Bonchev–Trinajstić information content (AvgIpc) is 2.80. The predicted octanol–water partition coefficient (Wildman–Crippen LogP) is 3.52. The number of fused-ring (bicyclic) bond motifs is 1. The molecule has 2 aliphatic rings. The molecule has 1 atom stereocenters. The number of carbonyl (C=O) groups excluding carboxylic acids is 1. The number of amides is 1. The molecule has 1 aliphatic heterocycles. The third-order valence-electron chi connectivity index (χ3n) is 6.22. The second-order valence-electron chi connectivity index (χ2n) is 8.64. The fraction of sp³-hybridized carbons (Fsp3) is 0.440. The highest BCUT2D eigenvalue weighted by molar-refractivity contribution is 5.98. The van der Waals surface area contributed by atoms with E-state index in [9.17, 15) is 4.79 Å². The first-order chi connectivity index (χ1) is 15.6. The number of hydrogen-bond acceptors (Lipinski definition) is 5. The molecule has 1 saturated carbocycles. The van der Waals surface area contributed by atoms with Crippen molar-refractivity contribution in [3.05, 3.63) is 65.2 Å². The van der Waals surface area contributed by atoms with Crippen LogP contribution < -0.4 is 21.4 Å². The van der Waals surface area contributed by atoms with Gasteiger partial charge in [0.25, 0.3) is 0 Å². The van der Waals surface area contributed by atoms with E-state index in [0.29, 0.717) is 5.84 Å². The van der Waals surface area contributed by atoms with E-state index in [0.717, 1.165) is 62.0 Å². The van der Waals surface area contributed by atoms with Gasteiger partial charge in [-0.1, -0.05) is 36.8 Å². The Labute approximate surface area is 190 Å². The maximum Gasteiger partial charge on any atom is 0.407 e. The molecule has 4 rings (SSSR count). The summed E-state index contributed by atoms with van der Waals surface area (Å²) < 4.78 is 5.71. The number of amidine groups is 1. The predicted molar refractivity (Wildman–Crippen MR) is 128 cm³/mol. The van der Waals surface area contributed by atoms with Crippen LogP contribution >= 0.6 is 0 Å². The monoisotopic (exact) mass is 435 g/mol. The summed E-state index contributed by atoms with van der Waals surface area (Å²) in [6, 6.07) is 16.5.